The van der Waals surface area contributed by atoms with Crippen LogP contribution in [-0.2, 0) is 16.0 Å². The molecule has 0 aliphatic carbocycles. The van der Waals surface area contributed by atoms with Gasteiger partial charge in [0.05, 0.1) is 17.1 Å². The highest BCUT2D eigenvalue weighted by Gasteiger charge is 2.32. The molecule has 44 heavy (non-hydrogen) atoms. The number of hydrogen-bond acceptors (Lipinski definition) is 6. The van der Waals surface area contributed by atoms with Gasteiger partial charge in [-0.05, 0) is 73.6 Å². The van der Waals surface area contributed by atoms with Crippen LogP contribution < -0.4 is 9.64 Å². The third-order valence-electron chi connectivity index (χ3n) is 7.12. The molecule has 1 atom stereocenters. The summed E-state index contributed by atoms with van der Waals surface area (Å²) in [6.45, 7) is 5.97. The van der Waals surface area contributed by atoms with E-state index in [0.717, 1.165) is 34.4 Å². The first-order valence-electron chi connectivity index (χ1n) is 14.0. The number of alkyl halides is 3. The molecule has 0 saturated carbocycles. The van der Waals surface area contributed by atoms with E-state index in [2.05, 4.69) is 26.7 Å². The van der Waals surface area contributed by atoms with Crippen molar-refractivity contribution in [3.05, 3.63) is 89.7 Å². The maximum Gasteiger partial charge on any atom is 0.573 e. The molecule has 3 aromatic carbocycles. The molecule has 12 heteroatoms. The van der Waals surface area contributed by atoms with Crippen LogP contribution in [0.3, 0.4) is 0 Å². The summed E-state index contributed by atoms with van der Waals surface area (Å²) >= 11 is 1.29. The highest BCUT2D eigenvalue weighted by molar-refractivity contribution is 8.15. The van der Waals surface area contributed by atoms with Crippen molar-refractivity contribution in [1.29, 1.82) is 0 Å². The standard InChI is InChI=1S/C32H30F3N5O3S/c1-20(7-16-27(41)37-31-40(28(42)18-44-31)29-21(2)5-4-6-22(29)3)17-23-8-10-24(11-9-23)30-36-19-39(38-30)25-12-14-26(15-13-25)43-32(33,34)35/h4-6,8-15,19-20H,7,16-18H2,1-3H3. The van der Waals surface area contributed by atoms with Crippen LogP contribution >= 0.6 is 11.8 Å². The van der Waals surface area contributed by atoms with Gasteiger partial charge in [0.2, 0.25) is 11.8 Å². The number of nitrogens with zero attached hydrogens (tertiary/aromatic N) is 5. The van der Waals surface area contributed by atoms with E-state index in [1.165, 1.54) is 47.0 Å². The number of amidine groups is 1. The van der Waals surface area contributed by atoms with Gasteiger partial charge in [-0.25, -0.2) is 9.67 Å². The molecule has 1 aromatic heterocycles. The van der Waals surface area contributed by atoms with Crippen molar-refractivity contribution >= 4 is 34.4 Å². The Balaban J connectivity index is 1.15. The summed E-state index contributed by atoms with van der Waals surface area (Å²) in [5, 5.41) is 4.88. The van der Waals surface area contributed by atoms with Crippen molar-refractivity contribution in [2.75, 3.05) is 10.7 Å². The summed E-state index contributed by atoms with van der Waals surface area (Å²) in [6.07, 6.45) is -1.56. The number of aryl methyl sites for hydroxylation is 2. The van der Waals surface area contributed by atoms with Crippen LogP contribution in [-0.4, -0.2) is 43.9 Å². The molecule has 1 unspecified atom stereocenters. The summed E-state index contributed by atoms with van der Waals surface area (Å²) in [5.41, 5.74) is 5.13. The Morgan fingerprint density at radius 1 is 1.05 bits per heavy atom. The maximum absolute atomic E-state index is 12.8. The minimum absolute atomic E-state index is 0.0775. The first kappa shape index (κ1) is 31.0. The van der Waals surface area contributed by atoms with E-state index in [1.807, 2.05) is 56.3 Å². The van der Waals surface area contributed by atoms with E-state index in [9.17, 15) is 22.8 Å². The number of thioether (sulfide) groups is 1. The molecule has 228 valence electrons. The lowest BCUT2D eigenvalue weighted by Crippen LogP contribution is -2.31. The van der Waals surface area contributed by atoms with E-state index in [1.54, 1.807) is 4.90 Å². The van der Waals surface area contributed by atoms with Crippen molar-refractivity contribution in [3.63, 3.8) is 0 Å². The number of hydrogen-bond donors (Lipinski definition) is 0. The topological polar surface area (TPSA) is 89.7 Å². The Morgan fingerprint density at radius 3 is 2.39 bits per heavy atom. The average molecular weight is 622 g/mol. The maximum atomic E-state index is 12.8. The molecule has 4 aromatic rings. The summed E-state index contributed by atoms with van der Waals surface area (Å²) in [5.74, 6) is 0.322. The predicted molar refractivity (Wildman–Crippen MR) is 164 cm³/mol. The van der Waals surface area contributed by atoms with E-state index in [-0.39, 0.29) is 35.7 Å². The zero-order valence-corrected chi connectivity index (χ0v) is 25.2. The Hall–Kier alpha value is -4.45. The fourth-order valence-electron chi connectivity index (χ4n) is 4.97. The first-order chi connectivity index (χ1) is 21.0. The number of benzene rings is 3. The number of amides is 2. The van der Waals surface area contributed by atoms with Gasteiger partial charge in [-0.1, -0.05) is 61.2 Å². The van der Waals surface area contributed by atoms with Gasteiger partial charge < -0.3 is 4.74 Å². The SMILES string of the molecule is Cc1cccc(C)c1N1C(=O)CSC1=NC(=O)CCC(C)Cc1ccc(-c2ncn(-c3ccc(OC(F)(F)F)cc3)n2)cc1. The Bertz CT molecular complexity index is 1660. The van der Waals surface area contributed by atoms with Crippen molar-refractivity contribution in [3.8, 4) is 22.8 Å². The molecule has 0 radical (unpaired) electrons. The van der Waals surface area contributed by atoms with E-state index in [0.29, 0.717) is 23.1 Å². The molecule has 0 N–H and O–H groups in total. The van der Waals surface area contributed by atoms with Gasteiger partial charge in [-0.15, -0.1) is 18.3 Å². The third-order valence-corrected chi connectivity index (χ3v) is 8.05. The van der Waals surface area contributed by atoms with Crippen LogP contribution in [0.2, 0.25) is 0 Å². The number of rotatable bonds is 9. The summed E-state index contributed by atoms with van der Waals surface area (Å²) in [7, 11) is 0. The van der Waals surface area contributed by atoms with Crippen molar-refractivity contribution in [2.24, 2.45) is 10.9 Å². The van der Waals surface area contributed by atoms with Gasteiger partial charge in [-0.3, -0.25) is 14.5 Å². The lowest BCUT2D eigenvalue weighted by Gasteiger charge is -2.20. The van der Waals surface area contributed by atoms with E-state index >= 15 is 0 Å². The monoisotopic (exact) mass is 621 g/mol. The smallest absolute Gasteiger partial charge is 0.406 e. The second-order valence-corrected chi connectivity index (χ2v) is 11.6. The van der Waals surface area contributed by atoms with E-state index < -0.39 is 6.36 Å². The number of carbonyl (C=O) groups excluding carboxylic acids is 2. The number of carbonyl (C=O) groups is 2. The van der Waals surface area contributed by atoms with Gasteiger partial charge in [0.25, 0.3) is 0 Å². The van der Waals surface area contributed by atoms with Crippen LogP contribution in [0, 0.1) is 19.8 Å². The lowest BCUT2D eigenvalue weighted by molar-refractivity contribution is -0.274. The number of halogens is 3. The molecule has 2 heterocycles. The number of ether oxygens (including phenoxy) is 1. The van der Waals surface area contributed by atoms with Crippen molar-refractivity contribution < 1.29 is 27.5 Å². The molecule has 1 aliphatic rings. The zero-order chi connectivity index (χ0) is 31.4. The quantitative estimate of drug-likeness (QED) is 0.199. The van der Waals surface area contributed by atoms with Crippen LogP contribution in [0.5, 0.6) is 5.75 Å². The number of aliphatic imine (C=N–C) groups is 1. The second kappa shape index (κ2) is 13.0. The molecule has 1 aliphatic heterocycles. The molecule has 8 nitrogen and oxygen atoms in total. The molecule has 1 saturated heterocycles. The molecular formula is C32H30F3N5O3S. The minimum Gasteiger partial charge on any atom is -0.406 e. The number of para-hydroxylation sites is 1. The molecule has 5 rings (SSSR count). The second-order valence-electron chi connectivity index (χ2n) is 10.6. The average Bonchev–Trinajstić information content (AvgIpc) is 3.60. The molecule has 2 amide bonds. The Labute approximate surface area is 257 Å². The van der Waals surface area contributed by atoms with E-state index in [4.69, 9.17) is 0 Å². The van der Waals surface area contributed by atoms with Crippen molar-refractivity contribution in [1.82, 2.24) is 14.8 Å². The Kier molecular flexibility index (Phi) is 9.19. The first-order valence-corrected chi connectivity index (χ1v) is 15.0. The predicted octanol–water partition coefficient (Wildman–Crippen LogP) is 7.07. The molecule has 0 spiro atoms. The third kappa shape index (κ3) is 7.54. The Morgan fingerprint density at radius 2 is 1.73 bits per heavy atom. The zero-order valence-electron chi connectivity index (χ0n) is 24.3. The molecule has 0 bridgehead atoms. The van der Waals surface area contributed by atoms with Gasteiger partial charge >= 0.3 is 6.36 Å². The summed E-state index contributed by atoms with van der Waals surface area (Å²) < 4.78 is 42.6. The largest absolute Gasteiger partial charge is 0.573 e. The van der Waals surface area contributed by atoms with Gasteiger partial charge in [0.1, 0.15) is 12.1 Å². The van der Waals surface area contributed by atoms with Crippen molar-refractivity contribution in [2.45, 2.75) is 46.4 Å². The summed E-state index contributed by atoms with van der Waals surface area (Å²) in [4.78, 5) is 35.6. The fraction of sp³-hybridized carbons (Fsp3) is 0.281. The highest BCUT2D eigenvalue weighted by atomic mass is 32.2. The minimum atomic E-state index is -4.75. The molecular weight excluding hydrogens is 591 g/mol. The van der Waals surface area contributed by atoms with Gasteiger partial charge in [0, 0.05) is 12.0 Å². The van der Waals surface area contributed by atoms with Crippen LogP contribution in [0.15, 0.2) is 78.0 Å². The van der Waals surface area contributed by atoms with Gasteiger partial charge in [0.15, 0.2) is 11.0 Å². The summed E-state index contributed by atoms with van der Waals surface area (Å²) in [6, 6.07) is 19.0. The molecule has 1 fully saturated rings. The fourth-order valence-corrected chi connectivity index (χ4v) is 5.84. The van der Waals surface area contributed by atoms with Gasteiger partial charge in [-0.2, -0.15) is 4.99 Å². The number of aromatic nitrogens is 3. The van der Waals surface area contributed by atoms with Crippen LogP contribution in [0.25, 0.3) is 17.1 Å². The van der Waals surface area contributed by atoms with Crippen LogP contribution in [0.4, 0.5) is 18.9 Å². The number of anilines is 1. The highest BCUT2D eigenvalue weighted by Crippen LogP contribution is 2.32. The normalized spacial score (nSPS) is 15.2. The van der Waals surface area contributed by atoms with Crippen LogP contribution in [0.1, 0.15) is 36.5 Å². The lowest BCUT2D eigenvalue weighted by atomic mass is 9.96.